The number of benzene rings is 1. The molecule has 0 radical (unpaired) electrons. The smallest absolute Gasteiger partial charge is 0.172 e. The lowest BCUT2D eigenvalue weighted by molar-refractivity contribution is 0.102. The molecular weight excluding hydrogens is 277 g/mol. The molecule has 0 fully saturated rings. The van der Waals surface area contributed by atoms with Gasteiger partial charge in [0.05, 0.1) is 4.43 Å². The van der Waals surface area contributed by atoms with Gasteiger partial charge in [-0.3, -0.25) is 4.79 Å². The van der Waals surface area contributed by atoms with Gasteiger partial charge in [0, 0.05) is 25.3 Å². The van der Waals surface area contributed by atoms with Gasteiger partial charge in [-0.1, -0.05) is 22.6 Å². The third-order valence-corrected chi connectivity index (χ3v) is 2.52. The summed E-state index contributed by atoms with van der Waals surface area (Å²) in [6.07, 6.45) is 0. The minimum absolute atomic E-state index is 0.186. The SMILES string of the molecule is CN(C)c1ccc(C(=O)CI)cc1. The van der Waals surface area contributed by atoms with Crippen molar-refractivity contribution in [3.05, 3.63) is 29.8 Å². The average Bonchev–Trinajstić information content (AvgIpc) is 2.17. The quantitative estimate of drug-likeness (QED) is 0.484. The van der Waals surface area contributed by atoms with Crippen LogP contribution in [0, 0.1) is 0 Å². The second-order valence-electron chi connectivity index (χ2n) is 3.00. The van der Waals surface area contributed by atoms with Crippen molar-refractivity contribution in [3.63, 3.8) is 0 Å². The molecule has 1 aromatic carbocycles. The number of alkyl halides is 1. The molecule has 3 heteroatoms. The van der Waals surface area contributed by atoms with Gasteiger partial charge >= 0.3 is 0 Å². The van der Waals surface area contributed by atoms with E-state index in [4.69, 9.17) is 0 Å². The minimum Gasteiger partial charge on any atom is -0.378 e. The molecule has 0 unspecified atom stereocenters. The van der Waals surface area contributed by atoms with Crippen LogP contribution in [-0.4, -0.2) is 24.3 Å². The molecule has 0 amide bonds. The van der Waals surface area contributed by atoms with Gasteiger partial charge in [-0.2, -0.15) is 0 Å². The van der Waals surface area contributed by atoms with Crippen LogP contribution in [0.1, 0.15) is 10.4 Å². The van der Waals surface area contributed by atoms with Crippen LogP contribution in [0.25, 0.3) is 0 Å². The minimum atomic E-state index is 0.186. The first-order chi connectivity index (χ1) is 6.15. The molecule has 0 saturated carbocycles. The summed E-state index contributed by atoms with van der Waals surface area (Å²) < 4.78 is 0.541. The number of halogens is 1. The monoisotopic (exact) mass is 289 g/mol. The molecule has 0 aliphatic rings. The highest BCUT2D eigenvalue weighted by atomic mass is 127. The molecule has 1 rings (SSSR count). The fraction of sp³-hybridized carbons (Fsp3) is 0.300. The maximum Gasteiger partial charge on any atom is 0.172 e. The number of rotatable bonds is 3. The summed E-state index contributed by atoms with van der Waals surface area (Å²) in [4.78, 5) is 13.3. The predicted molar refractivity (Wildman–Crippen MR) is 64.0 cm³/mol. The third-order valence-electron chi connectivity index (χ3n) is 1.83. The van der Waals surface area contributed by atoms with Crippen molar-refractivity contribution in [2.75, 3.05) is 23.4 Å². The molecule has 13 heavy (non-hydrogen) atoms. The van der Waals surface area contributed by atoms with Crippen LogP contribution in [0.5, 0.6) is 0 Å². The Labute approximate surface area is 92.1 Å². The highest BCUT2D eigenvalue weighted by molar-refractivity contribution is 14.1. The van der Waals surface area contributed by atoms with Crippen LogP contribution in [0.15, 0.2) is 24.3 Å². The topological polar surface area (TPSA) is 20.3 Å². The van der Waals surface area contributed by atoms with Gasteiger partial charge < -0.3 is 4.90 Å². The van der Waals surface area contributed by atoms with Crippen molar-refractivity contribution in [3.8, 4) is 0 Å². The molecule has 70 valence electrons. The van der Waals surface area contributed by atoms with Gasteiger partial charge in [0.1, 0.15) is 0 Å². The van der Waals surface area contributed by atoms with Crippen LogP contribution in [0.2, 0.25) is 0 Å². The number of ketones is 1. The lowest BCUT2D eigenvalue weighted by Gasteiger charge is -2.11. The molecule has 0 atom stereocenters. The van der Waals surface area contributed by atoms with Crippen molar-refractivity contribution in [1.82, 2.24) is 0 Å². The van der Waals surface area contributed by atoms with E-state index in [9.17, 15) is 4.79 Å². The average molecular weight is 289 g/mol. The van der Waals surface area contributed by atoms with Crippen molar-refractivity contribution in [1.29, 1.82) is 0 Å². The van der Waals surface area contributed by atoms with E-state index in [0.717, 1.165) is 11.3 Å². The summed E-state index contributed by atoms with van der Waals surface area (Å²) in [5, 5.41) is 0. The lowest BCUT2D eigenvalue weighted by atomic mass is 10.1. The van der Waals surface area contributed by atoms with Gasteiger partial charge in [-0.15, -0.1) is 0 Å². The van der Waals surface area contributed by atoms with E-state index in [1.807, 2.05) is 43.3 Å². The first kappa shape index (κ1) is 10.5. The molecule has 2 nitrogen and oxygen atoms in total. The molecule has 0 saturated heterocycles. The summed E-state index contributed by atoms with van der Waals surface area (Å²) in [6, 6.07) is 7.66. The number of hydrogen-bond acceptors (Lipinski definition) is 2. The summed E-state index contributed by atoms with van der Waals surface area (Å²) in [6.45, 7) is 0. The largest absolute Gasteiger partial charge is 0.378 e. The summed E-state index contributed by atoms with van der Waals surface area (Å²) in [5.41, 5.74) is 1.91. The number of carbonyl (C=O) groups is 1. The second kappa shape index (κ2) is 4.60. The van der Waals surface area contributed by atoms with Crippen molar-refractivity contribution >= 4 is 34.1 Å². The van der Waals surface area contributed by atoms with Crippen LogP contribution in [0.3, 0.4) is 0 Å². The molecule has 0 spiro atoms. The van der Waals surface area contributed by atoms with Gasteiger partial charge in [0.25, 0.3) is 0 Å². The highest BCUT2D eigenvalue weighted by Crippen LogP contribution is 2.12. The Kier molecular flexibility index (Phi) is 3.71. The molecule has 0 heterocycles. The Balaban J connectivity index is 2.87. The van der Waals surface area contributed by atoms with E-state index in [-0.39, 0.29) is 5.78 Å². The zero-order chi connectivity index (χ0) is 9.84. The summed E-state index contributed by atoms with van der Waals surface area (Å²) in [7, 11) is 3.96. The molecule has 1 aromatic rings. The zero-order valence-corrected chi connectivity index (χ0v) is 9.91. The highest BCUT2D eigenvalue weighted by Gasteiger charge is 2.03. The van der Waals surface area contributed by atoms with E-state index in [0.29, 0.717) is 4.43 Å². The maximum absolute atomic E-state index is 11.3. The molecular formula is C10H12INO. The molecule has 0 aromatic heterocycles. The maximum atomic E-state index is 11.3. The first-order valence-corrected chi connectivity index (χ1v) is 5.54. The summed E-state index contributed by atoms with van der Waals surface area (Å²) in [5.74, 6) is 0.186. The van der Waals surface area contributed by atoms with Gasteiger partial charge in [0.15, 0.2) is 5.78 Å². The lowest BCUT2D eigenvalue weighted by Crippen LogP contribution is -2.09. The van der Waals surface area contributed by atoms with Crippen LogP contribution in [0.4, 0.5) is 5.69 Å². The zero-order valence-electron chi connectivity index (χ0n) is 7.75. The third kappa shape index (κ3) is 2.69. The Morgan fingerprint density at radius 2 is 1.85 bits per heavy atom. The number of anilines is 1. The fourth-order valence-corrected chi connectivity index (χ4v) is 1.46. The van der Waals surface area contributed by atoms with E-state index < -0.39 is 0 Å². The van der Waals surface area contributed by atoms with E-state index in [1.54, 1.807) is 0 Å². The first-order valence-electron chi connectivity index (χ1n) is 4.01. The Hall–Kier alpha value is -0.580. The number of nitrogens with zero attached hydrogens (tertiary/aromatic N) is 1. The van der Waals surface area contributed by atoms with Crippen LogP contribution in [-0.2, 0) is 0 Å². The molecule has 0 N–H and O–H groups in total. The Morgan fingerprint density at radius 3 is 2.23 bits per heavy atom. The van der Waals surface area contributed by atoms with Crippen molar-refractivity contribution in [2.24, 2.45) is 0 Å². The summed E-state index contributed by atoms with van der Waals surface area (Å²) >= 11 is 2.08. The number of carbonyl (C=O) groups excluding carboxylic acids is 1. The van der Waals surface area contributed by atoms with E-state index in [2.05, 4.69) is 22.6 Å². The second-order valence-corrected chi connectivity index (χ2v) is 3.76. The van der Waals surface area contributed by atoms with E-state index in [1.165, 1.54) is 0 Å². The Morgan fingerprint density at radius 1 is 1.31 bits per heavy atom. The molecule has 0 bridgehead atoms. The number of hydrogen-bond donors (Lipinski definition) is 0. The Bertz CT molecular complexity index is 292. The van der Waals surface area contributed by atoms with Crippen molar-refractivity contribution in [2.45, 2.75) is 0 Å². The molecule has 0 aliphatic carbocycles. The van der Waals surface area contributed by atoms with Gasteiger partial charge in [0.2, 0.25) is 0 Å². The normalized spacial score (nSPS) is 9.77. The number of Topliss-reactive ketones (excluding diaryl/α,β-unsaturated/α-hetero) is 1. The standard InChI is InChI=1S/C10H12INO/c1-12(2)9-5-3-8(4-6-9)10(13)7-11/h3-6H,7H2,1-2H3. The molecule has 0 aliphatic heterocycles. The van der Waals surface area contributed by atoms with Crippen LogP contribution < -0.4 is 4.90 Å². The predicted octanol–water partition coefficient (Wildman–Crippen LogP) is 2.37. The van der Waals surface area contributed by atoms with Gasteiger partial charge in [-0.25, -0.2) is 0 Å². The van der Waals surface area contributed by atoms with Gasteiger partial charge in [-0.05, 0) is 24.3 Å². The van der Waals surface area contributed by atoms with Crippen molar-refractivity contribution < 1.29 is 4.79 Å². The van der Waals surface area contributed by atoms with E-state index >= 15 is 0 Å². The van der Waals surface area contributed by atoms with Crippen LogP contribution >= 0.6 is 22.6 Å². The fourth-order valence-electron chi connectivity index (χ4n) is 1.02.